The molecule has 0 radical (unpaired) electrons. The monoisotopic (exact) mass is 314 g/mol. The molecule has 0 aliphatic carbocycles. The number of hydrogen-bond acceptors (Lipinski definition) is 4. The Balaban J connectivity index is 2.20. The normalized spacial score (nSPS) is 21.0. The summed E-state index contributed by atoms with van der Waals surface area (Å²) in [5.74, 6) is 0.872. The minimum Gasteiger partial charge on any atom is -0.313 e. The van der Waals surface area contributed by atoms with Gasteiger partial charge in [-0.25, -0.2) is 8.42 Å². The number of thioether (sulfide) groups is 1. The predicted octanol–water partition coefficient (Wildman–Crippen LogP) is 1.92. The van der Waals surface area contributed by atoms with Gasteiger partial charge in [-0.3, -0.25) is 0 Å². The fraction of sp³-hybridized carbons (Fsp3) is 0.571. The molecule has 1 aromatic rings. The van der Waals surface area contributed by atoms with E-state index < -0.39 is 10.0 Å². The Morgan fingerprint density at radius 1 is 1.45 bits per heavy atom. The van der Waals surface area contributed by atoms with Crippen molar-refractivity contribution in [3.05, 3.63) is 29.8 Å². The zero-order valence-corrected chi connectivity index (χ0v) is 13.6. The molecule has 1 fully saturated rings. The van der Waals surface area contributed by atoms with Gasteiger partial charge in [0.05, 0.1) is 4.90 Å². The Morgan fingerprint density at radius 3 is 2.95 bits per heavy atom. The highest BCUT2D eigenvalue weighted by Gasteiger charge is 2.28. The van der Waals surface area contributed by atoms with Crippen LogP contribution in [0.5, 0.6) is 0 Å². The fourth-order valence-corrected chi connectivity index (χ4v) is 5.06. The van der Waals surface area contributed by atoms with Crippen LogP contribution in [-0.2, 0) is 16.6 Å². The van der Waals surface area contributed by atoms with Crippen LogP contribution in [0, 0.1) is 0 Å². The Hall–Kier alpha value is -0.560. The van der Waals surface area contributed by atoms with Gasteiger partial charge in [-0.1, -0.05) is 26.0 Å². The van der Waals surface area contributed by atoms with Crippen molar-refractivity contribution in [1.82, 2.24) is 9.62 Å². The minimum absolute atomic E-state index is 0.364. The number of nitrogens with zero attached hydrogens (tertiary/aromatic N) is 1. The molecule has 20 heavy (non-hydrogen) atoms. The molecule has 112 valence electrons. The standard InChI is InChI=1S/C14H22N2O2S2/c1-3-15-10-13-5-4-6-14(9-13)20(17,18)16-7-8-19-12(2)11-16/h4-6,9,12,15H,3,7-8,10-11H2,1-2H3. The lowest BCUT2D eigenvalue weighted by atomic mass is 10.2. The first-order valence-corrected chi connectivity index (χ1v) is 9.44. The van der Waals surface area contributed by atoms with Crippen molar-refractivity contribution >= 4 is 21.8 Å². The van der Waals surface area contributed by atoms with E-state index in [0.717, 1.165) is 17.9 Å². The van der Waals surface area contributed by atoms with Crippen molar-refractivity contribution in [2.75, 3.05) is 25.4 Å². The molecule has 0 spiro atoms. The van der Waals surface area contributed by atoms with Gasteiger partial charge >= 0.3 is 0 Å². The van der Waals surface area contributed by atoms with Crippen molar-refractivity contribution in [2.24, 2.45) is 0 Å². The molecule has 1 aliphatic rings. The molecular formula is C14H22N2O2S2. The third-order valence-corrected chi connectivity index (χ3v) is 6.32. The SMILES string of the molecule is CCNCc1cccc(S(=O)(=O)N2CCSC(C)C2)c1. The van der Waals surface area contributed by atoms with E-state index in [4.69, 9.17) is 0 Å². The topological polar surface area (TPSA) is 49.4 Å². The van der Waals surface area contributed by atoms with Crippen LogP contribution in [0.15, 0.2) is 29.2 Å². The molecule has 0 bridgehead atoms. The van der Waals surface area contributed by atoms with Crippen molar-refractivity contribution in [1.29, 1.82) is 0 Å². The molecule has 2 rings (SSSR count). The van der Waals surface area contributed by atoms with Crippen molar-refractivity contribution in [3.8, 4) is 0 Å². The molecule has 1 heterocycles. The second kappa shape index (κ2) is 6.93. The van der Waals surface area contributed by atoms with E-state index >= 15 is 0 Å². The average molecular weight is 314 g/mol. The van der Waals surface area contributed by atoms with Gasteiger partial charge in [0.1, 0.15) is 0 Å². The zero-order valence-electron chi connectivity index (χ0n) is 12.0. The summed E-state index contributed by atoms with van der Waals surface area (Å²) in [7, 11) is -3.35. The molecular weight excluding hydrogens is 292 g/mol. The predicted molar refractivity (Wildman–Crippen MR) is 84.5 cm³/mol. The second-order valence-corrected chi connectivity index (χ2v) is 8.46. The van der Waals surface area contributed by atoms with Gasteiger partial charge in [0.15, 0.2) is 0 Å². The number of benzene rings is 1. The molecule has 0 amide bonds. The van der Waals surface area contributed by atoms with Gasteiger partial charge in [0.25, 0.3) is 0 Å². The van der Waals surface area contributed by atoms with Crippen LogP contribution in [0.4, 0.5) is 0 Å². The van der Waals surface area contributed by atoms with Gasteiger partial charge in [0, 0.05) is 30.6 Å². The third kappa shape index (κ3) is 3.75. The van der Waals surface area contributed by atoms with Crippen molar-refractivity contribution < 1.29 is 8.42 Å². The highest BCUT2D eigenvalue weighted by Crippen LogP contribution is 2.24. The highest BCUT2D eigenvalue weighted by molar-refractivity contribution is 8.00. The maximum Gasteiger partial charge on any atom is 0.243 e. The Labute approximate surface area is 126 Å². The minimum atomic E-state index is -3.35. The van der Waals surface area contributed by atoms with E-state index in [1.54, 1.807) is 16.4 Å². The summed E-state index contributed by atoms with van der Waals surface area (Å²) < 4.78 is 26.9. The molecule has 0 saturated carbocycles. The van der Waals surface area contributed by atoms with Gasteiger partial charge in [-0.05, 0) is 24.2 Å². The highest BCUT2D eigenvalue weighted by atomic mass is 32.2. The maximum atomic E-state index is 12.7. The summed E-state index contributed by atoms with van der Waals surface area (Å²) in [6.45, 7) is 6.89. The Bertz CT molecular complexity index is 546. The Kier molecular flexibility index (Phi) is 5.49. The van der Waals surface area contributed by atoms with Crippen LogP contribution >= 0.6 is 11.8 Å². The smallest absolute Gasteiger partial charge is 0.243 e. The quantitative estimate of drug-likeness (QED) is 0.902. The van der Waals surface area contributed by atoms with E-state index in [1.165, 1.54) is 0 Å². The maximum absolute atomic E-state index is 12.7. The van der Waals surface area contributed by atoms with Gasteiger partial charge < -0.3 is 5.32 Å². The zero-order chi connectivity index (χ0) is 14.6. The lowest BCUT2D eigenvalue weighted by Gasteiger charge is -2.29. The first-order chi connectivity index (χ1) is 9.54. The summed E-state index contributed by atoms with van der Waals surface area (Å²) in [5.41, 5.74) is 1.01. The van der Waals surface area contributed by atoms with E-state index in [9.17, 15) is 8.42 Å². The molecule has 1 N–H and O–H groups in total. The molecule has 1 aromatic carbocycles. The lowest BCUT2D eigenvalue weighted by Crippen LogP contribution is -2.40. The summed E-state index contributed by atoms with van der Waals surface area (Å²) >= 11 is 1.83. The molecule has 4 nitrogen and oxygen atoms in total. The lowest BCUT2D eigenvalue weighted by molar-refractivity contribution is 0.424. The number of sulfonamides is 1. The number of rotatable bonds is 5. The van der Waals surface area contributed by atoms with Gasteiger partial charge in [-0.2, -0.15) is 16.1 Å². The summed E-state index contributed by atoms with van der Waals surface area (Å²) in [6.07, 6.45) is 0. The van der Waals surface area contributed by atoms with Crippen LogP contribution in [0.2, 0.25) is 0 Å². The van der Waals surface area contributed by atoms with Crippen LogP contribution in [-0.4, -0.2) is 43.4 Å². The van der Waals surface area contributed by atoms with E-state index in [2.05, 4.69) is 12.2 Å². The van der Waals surface area contributed by atoms with Crippen LogP contribution < -0.4 is 5.32 Å². The number of hydrogen-bond donors (Lipinski definition) is 1. The summed E-state index contributed by atoms with van der Waals surface area (Å²) in [5, 5.41) is 3.58. The first-order valence-electron chi connectivity index (χ1n) is 6.95. The molecule has 6 heteroatoms. The van der Waals surface area contributed by atoms with Gasteiger partial charge in [-0.15, -0.1) is 0 Å². The van der Waals surface area contributed by atoms with Crippen molar-refractivity contribution in [2.45, 2.75) is 30.5 Å². The molecule has 1 aliphatic heterocycles. The van der Waals surface area contributed by atoms with Crippen LogP contribution in [0.1, 0.15) is 19.4 Å². The average Bonchev–Trinajstić information content (AvgIpc) is 2.45. The molecule has 1 atom stereocenters. The molecule has 1 unspecified atom stereocenters. The Morgan fingerprint density at radius 2 is 2.25 bits per heavy atom. The first kappa shape index (κ1) is 15.8. The fourth-order valence-electron chi connectivity index (χ4n) is 2.24. The van der Waals surface area contributed by atoms with Gasteiger partial charge in [0.2, 0.25) is 10.0 Å². The number of nitrogens with one attached hydrogen (secondary N) is 1. The summed E-state index contributed by atoms with van der Waals surface area (Å²) in [4.78, 5) is 0.409. The van der Waals surface area contributed by atoms with E-state index in [-0.39, 0.29) is 0 Å². The van der Waals surface area contributed by atoms with Crippen LogP contribution in [0.25, 0.3) is 0 Å². The largest absolute Gasteiger partial charge is 0.313 e. The van der Waals surface area contributed by atoms with E-state index in [1.807, 2.05) is 30.8 Å². The van der Waals surface area contributed by atoms with E-state index in [0.29, 0.717) is 29.8 Å². The molecule has 1 saturated heterocycles. The van der Waals surface area contributed by atoms with Crippen molar-refractivity contribution in [3.63, 3.8) is 0 Å². The summed E-state index contributed by atoms with van der Waals surface area (Å²) in [6, 6.07) is 7.25. The third-order valence-electron chi connectivity index (χ3n) is 3.32. The van der Waals surface area contributed by atoms with Crippen LogP contribution in [0.3, 0.4) is 0 Å². The molecule has 0 aromatic heterocycles. The second-order valence-electron chi connectivity index (χ2n) is 4.97.